The van der Waals surface area contributed by atoms with E-state index in [1.807, 2.05) is 7.05 Å². The Morgan fingerprint density at radius 2 is 2.33 bits per heavy atom. The average Bonchev–Trinajstić information content (AvgIpc) is 2.62. The van der Waals surface area contributed by atoms with E-state index >= 15 is 0 Å². The summed E-state index contributed by atoms with van der Waals surface area (Å²) in [6.07, 6.45) is 1.30. The number of hydrogen-bond acceptors (Lipinski definition) is 4. The molecule has 0 aliphatic heterocycles. The first kappa shape index (κ1) is 8.13. The van der Waals surface area contributed by atoms with Gasteiger partial charge < -0.3 is 5.32 Å². The molecule has 0 bridgehead atoms. The second kappa shape index (κ2) is 3.11. The van der Waals surface area contributed by atoms with Crippen molar-refractivity contribution in [2.45, 2.75) is 25.8 Å². The molecule has 1 aliphatic carbocycles. The minimum Gasteiger partial charge on any atom is -0.313 e. The Bertz CT molecular complexity index is 271. The zero-order chi connectivity index (χ0) is 8.55. The number of rotatable bonds is 3. The van der Waals surface area contributed by atoms with Gasteiger partial charge in [-0.1, -0.05) is 18.3 Å². The van der Waals surface area contributed by atoms with Crippen LogP contribution in [0, 0.1) is 5.92 Å². The molecule has 0 saturated heterocycles. The first-order chi connectivity index (χ1) is 5.81. The Labute approximate surface area is 76.2 Å². The summed E-state index contributed by atoms with van der Waals surface area (Å²) in [4.78, 5) is 0. The molecular formula is C8H13N3S. The van der Waals surface area contributed by atoms with Crippen LogP contribution < -0.4 is 5.32 Å². The molecule has 1 saturated carbocycles. The molecule has 0 radical (unpaired) electrons. The minimum absolute atomic E-state index is 0.716. The quantitative estimate of drug-likeness (QED) is 0.769. The van der Waals surface area contributed by atoms with E-state index in [1.54, 1.807) is 11.3 Å². The second-order valence-corrected chi connectivity index (χ2v) is 4.48. The lowest BCUT2D eigenvalue weighted by Crippen LogP contribution is -2.04. The number of nitrogens with zero attached hydrogens (tertiary/aromatic N) is 2. The molecule has 1 aliphatic rings. The maximum absolute atomic E-state index is 4.18. The largest absolute Gasteiger partial charge is 0.313 e. The number of nitrogens with one attached hydrogen (secondary N) is 1. The zero-order valence-electron chi connectivity index (χ0n) is 7.37. The lowest BCUT2D eigenvalue weighted by molar-refractivity contribution is 0.788. The van der Waals surface area contributed by atoms with Crippen LogP contribution in [0.4, 0.5) is 0 Å². The summed E-state index contributed by atoms with van der Waals surface area (Å²) in [5.41, 5.74) is 0. The highest BCUT2D eigenvalue weighted by Gasteiger charge is 2.36. The van der Waals surface area contributed by atoms with E-state index < -0.39 is 0 Å². The third-order valence-electron chi connectivity index (χ3n) is 2.24. The fourth-order valence-electron chi connectivity index (χ4n) is 1.31. The Morgan fingerprint density at radius 3 is 2.92 bits per heavy atom. The van der Waals surface area contributed by atoms with Crippen LogP contribution in [0.15, 0.2) is 0 Å². The van der Waals surface area contributed by atoms with Gasteiger partial charge in [-0.05, 0) is 19.4 Å². The van der Waals surface area contributed by atoms with Crippen molar-refractivity contribution >= 4 is 11.3 Å². The lowest BCUT2D eigenvalue weighted by Gasteiger charge is -1.88. The van der Waals surface area contributed by atoms with Gasteiger partial charge in [0.15, 0.2) is 0 Å². The molecule has 1 aromatic rings. The van der Waals surface area contributed by atoms with Crippen molar-refractivity contribution in [2.24, 2.45) is 5.92 Å². The third kappa shape index (κ3) is 1.49. The molecule has 2 rings (SSSR count). The van der Waals surface area contributed by atoms with Gasteiger partial charge in [0, 0.05) is 12.5 Å². The summed E-state index contributed by atoms with van der Waals surface area (Å²) in [7, 11) is 1.93. The molecule has 1 N–H and O–H groups in total. The molecule has 0 spiro atoms. The monoisotopic (exact) mass is 183 g/mol. The van der Waals surface area contributed by atoms with Crippen LogP contribution in [0.1, 0.15) is 29.3 Å². The summed E-state index contributed by atoms with van der Waals surface area (Å²) in [6.45, 7) is 3.11. The third-order valence-corrected chi connectivity index (χ3v) is 3.29. The maximum Gasteiger partial charge on any atom is 0.131 e. The van der Waals surface area contributed by atoms with E-state index in [0.29, 0.717) is 5.92 Å². The topological polar surface area (TPSA) is 37.8 Å². The molecular weight excluding hydrogens is 170 g/mol. The molecule has 4 heteroatoms. The molecule has 1 fully saturated rings. The van der Waals surface area contributed by atoms with Gasteiger partial charge in [0.25, 0.3) is 0 Å². The van der Waals surface area contributed by atoms with Crippen molar-refractivity contribution < 1.29 is 0 Å². The highest BCUT2D eigenvalue weighted by molar-refractivity contribution is 7.11. The Morgan fingerprint density at radius 1 is 1.58 bits per heavy atom. The van der Waals surface area contributed by atoms with Gasteiger partial charge in [0.1, 0.15) is 10.0 Å². The van der Waals surface area contributed by atoms with Crippen LogP contribution in [-0.2, 0) is 6.54 Å². The predicted molar refractivity (Wildman–Crippen MR) is 49.2 cm³/mol. The fourth-order valence-corrected chi connectivity index (χ4v) is 2.41. The fraction of sp³-hybridized carbons (Fsp3) is 0.750. The van der Waals surface area contributed by atoms with E-state index in [0.717, 1.165) is 17.5 Å². The van der Waals surface area contributed by atoms with Crippen molar-refractivity contribution in [1.82, 2.24) is 15.5 Å². The summed E-state index contributed by atoms with van der Waals surface area (Å²) in [5, 5.41) is 13.7. The molecule has 1 aromatic heterocycles. The van der Waals surface area contributed by atoms with E-state index in [9.17, 15) is 0 Å². The number of hydrogen-bond donors (Lipinski definition) is 1. The second-order valence-electron chi connectivity index (χ2n) is 3.38. The van der Waals surface area contributed by atoms with E-state index in [2.05, 4.69) is 22.4 Å². The first-order valence-electron chi connectivity index (χ1n) is 4.28. The van der Waals surface area contributed by atoms with Crippen LogP contribution in [0.25, 0.3) is 0 Å². The van der Waals surface area contributed by atoms with Crippen LogP contribution in [0.3, 0.4) is 0 Å². The molecule has 2 atom stereocenters. The zero-order valence-corrected chi connectivity index (χ0v) is 8.19. The lowest BCUT2D eigenvalue weighted by atomic mass is 10.4. The minimum atomic E-state index is 0.716. The van der Waals surface area contributed by atoms with Gasteiger partial charge in [0.05, 0.1) is 0 Å². The highest BCUT2D eigenvalue weighted by Crippen LogP contribution is 2.47. The summed E-state index contributed by atoms with van der Waals surface area (Å²) in [6, 6.07) is 0. The van der Waals surface area contributed by atoms with Crippen molar-refractivity contribution in [3.05, 3.63) is 10.0 Å². The van der Waals surface area contributed by atoms with Gasteiger partial charge >= 0.3 is 0 Å². The smallest absolute Gasteiger partial charge is 0.131 e. The van der Waals surface area contributed by atoms with Crippen LogP contribution >= 0.6 is 11.3 Å². The first-order valence-corrected chi connectivity index (χ1v) is 5.09. The van der Waals surface area contributed by atoms with Crippen molar-refractivity contribution in [2.75, 3.05) is 7.05 Å². The van der Waals surface area contributed by atoms with Gasteiger partial charge in [-0.2, -0.15) is 0 Å². The van der Waals surface area contributed by atoms with E-state index in [4.69, 9.17) is 0 Å². The van der Waals surface area contributed by atoms with Crippen LogP contribution in [0.5, 0.6) is 0 Å². The van der Waals surface area contributed by atoms with Crippen molar-refractivity contribution in [3.63, 3.8) is 0 Å². The summed E-state index contributed by atoms with van der Waals surface area (Å²) in [5.74, 6) is 1.55. The Kier molecular flexibility index (Phi) is 2.11. The molecule has 2 unspecified atom stereocenters. The Balaban J connectivity index is 2.04. The SMILES string of the molecule is CNCc1nnc(C2CC2C)s1. The molecule has 66 valence electrons. The van der Waals surface area contributed by atoms with Crippen molar-refractivity contribution in [3.8, 4) is 0 Å². The summed E-state index contributed by atoms with van der Waals surface area (Å²) < 4.78 is 0. The van der Waals surface area contributed by atoms with Gasteiger partial charge in [0.2, 0.25) is 0 Å². The van der Waals surface area contributed by atoms with Gasteiger partial charge in [-0.15, -0.1) is 10.2 Å². The number of aromatic nitrogens is 2. The average molecular weight is 183 g/mol. The molecule has 0 aromatic carbocycles. The molecule has 0 amide bonds. The maximum atomic E-state index is 4.18. The van der Waals surface area contributed by atoms with Crippen LogP contribution in [-0.4, -0.2) is 17.2 Å². The normalized spacial score (nSPS) is 27.5. The molecule has 3 nitrogen and oxygen atoms in total. The van der Waals surface area contributed by atoms with E-state index in [-0.39, 0.29) is 0 Å². The van der Waals surface area contributed by atoms with Crippen LogP contribution in [0.2, 0.25) is 0 Å². The van der Waals surface area contributed by atoms with Crippen molar-refractivity contribution in [1.29, 1.82) is 0 Å². The van der Waals surface area contributed by atoms with Gasteiger partial charge in [-0.25, -0.2) is 0 Å². The molecule has 1 heterocycles. The summed E-state index contributed by atoms with van der Waals surface area (Å²) >= 11 is 1.75. The Hall–Kier alpha value is -0.480. The van der Waals surface area contributed by atoms with E-state index in [1.165, 1.54) is 11.4 Å². The highest BCUT2D eigenvalue weighted by atomic mass is 32.1. The van der Waals surface area contributed by atoms with Gasteiger partial charge in [-0.3, -0.25) is 0 Å². The standard InChI is InChI=1S/C8H13N3S/c1-5-3-6(5)8-11-10-7(12-8)4-9-2/h5-6,9H,3-4H2,1-2H3. The molecule has 12 heavy (non-hydrogen) atoms. The predicted octanol–water partition coefficient (Wildman–Crippen LogP) is 1.38.